The monoisotopic (exact) mass is 301 g/mol. The van der Waals surface area contributed by atoms with Crippen molar-refractivity contribution in [2.24, 2.45) is 5.73 Å². The van der Waals surface area contributed by atoms with Crippen molar-refractivity contribution in [2.45, 2.75) is 13.2 Å². The maximum atomic E-state index is 12.3. The number of carbonyl (C=O) groups excluding carboxylic acids is 1. The molecule has 0 amide bonds. The molecule has 0 radical (unpaired) electrons. The van der Waals surface area contributed by atoms with Gasteiger partial charge in [-0.25, -0.2) is 0 Å². The molecule has 108 valence electrons. The third-order valence-corrected chi connectivity index (χ3v) is 3.22. The number of rotatable bonds is 5. The summed E-state index contributed by atoms with van der Waals surface area (Å²) in [4.78, 5) is 12.3. The smallest absolute Gasteiger partial charge is 0.193 e. The van der Waals surface area contributed by atoms with Crippen LogP contribution >= 0.6 is 11.6 Å². The van der Waals surface area contributed by atoms with Gasteiger partial charge >= 0.3 is 0 Å². The van der Waals surface area contributed by atoms with Crippen molar-refractivity contribution in [3.05, 3.63) is 76.8 Å². The molecule has 1 unspecified atom stereocenters. The summed E-state index contributed by atoms with van der Waals surface area (Å²) in [6.45, 7) is 5.52. The van der Waals surface area contributed by atoms with E-state index in [1.165, 1.54) is 0 Å². The Morgan fingerprint density at radius 3 is 2.05 bits per heavy atom. The van der Waals surface area contributed by atoms with Crippen LogP contribution in [0.1, 0.15) is 22.8 Å². The van der Waals surface area contributed by atoms with Gasteiger partial charge in [-0.3, -0.25) is 10.5 Å². The van der Waals surface area contributed by atoms with Gasteiger partial charge in [0, 0.05) is 16.1 Å². The molecule has 0 bridgehead atoms. The minimum atomic E-state index is -0.553. The van der Waals surface area contributed by atoms with Gasteiger partial charge in [-0.2, -0.15) is 0 Å². The standard InChI is InChI=1S/C17H16ClNO2/c1-11(2)17(19)21-15-9-5-13(6-10-15)16(20)12-3-7-14(18)8-4-12/h3-10,17H,1,19H2,2H3. The average Bonchev–Trinajstić information content (AvgIpc) is 2.48. The highest BCUT2D eigenvalue weighted by molar-refractivity contribution is 6.30. The maximum absolute atomic E-state index is 12.3. The fraction of sp³-hybridized carbons (Fsp3) is 0.118. The predicted molar refractivity (Wildman–Crippen MR) is 84.7 cm³/mol. The molecule has 0 spiro atoms. The lowest BCUT2D eigenvalue weighted by molar-refractivity contribution is 0.103. The van der Waals surface area contributed by atoms with Gasteiger partial charge in [0.25, 0.3) is 0 Å². The van der Waals surface area contributed by atoms with E-state index in [1.54, 1.807) is 55.5 Å². The Morgan fingerprint density at radius 2 is 1.57 bits per heavy atom. The van der Waals surface area contributed by atoms with Crippen LogP contribution in [0.3, 0.4) is 0 Å². The van der Waals surface area contributed by atoms with E-state index in [0.29, 0.717) is 21.9 Å². The summed E-state index contributed by atoms with van der Waals surface area (Å²) in [6.07, 6.45) is -0.553. The molecule has 21 heavy (non-hydrogen) atoms. The van der Waals surface area contributed by atoms with Crippen LogP contribution < -0.4 is 10.5 Å². The molecule has 3 nitrogen and oxygen atoms in total. The molecule has 0 fully saturated rings. The van der Waals surface area contributed by atoms with Crippen LogP contribution in [-0.2, 0) is 0 Å². The van der Waals surface area contributed by atoms with Gasteiger partial charge < -0.3 is 4.74 Å². The fourth-order valence-corrected chi connectivity index (χ4v) is 1.83. The van der Waals surface area contributed by atoms with Crippen molar-refractivity contribution in [1.29, 1.82) is 0 Å². The molecule has 2 aromatic carbocycles. The average molecular weight is 302 g/mol. The Bertz CT molecular complexity index is 647. The van der Waals surface area contributed by atoms with Gasteiger partial charge in [-0.15, -0.1) is 0 Å². The lowest BCUT2D eigenvalue weighted by Gasteiger charge is -2.14. The van der Waals surface area contributed by atoms with Crippen molar-refractivity contribution >= 4 is 17.4 Å². The highest BCUT2D eigenvalue weighted by Crippen LogP contribution is 2.18. The second-order valence-electron chi connectivity index (χ2n) is 4.75. The topological polar surface area (TPSA) is 52.3 Å². The summed E-state index contributed by atoms with van der Waals surface area (Å²) in [5.41, 5.74) is 7.65. The van der Waals surface area contributed by atoms with E-state index in [0.717, 1.165) is 5.57 Å². The zero-order chi connectivity index (χ0) is 15.4. The molecular weight excluding hydrogens is 286 g/mol. The molecule has 1 atom stereocenters. The van der Waals surface area contributed by atoms with Gasteiger partial charge in [-0.05, 0) is 61.0 Å². The molecule has 2 N–H and O–H groups in total. The van der Waals surface area contributed by atoms with E-state index >= 15 is 0 Å². The van der Waals surface area contributed by atoms with E-state index in [4.69, 9.17) is 22.1 Å². The quantitative estimate of drug-likeness (QED) is 0.519. The molecule has 4 heteroatoms. The number of hydrogen-bond donors (Lipinski definition) is 1. The van der Waals surface area contributed by atoms with Crippen molar-refractivity contribution in [2.75, 3.05) is 0 Å². The first-order valence-electron chi connectivity index (χ1n) is 6.45. The first-order chi connectivity index (χ1) is 9.97. The number of benzene rings is 2. The van der Waals surface area contributed by atoms with Crippen molar-refractivity contribution in [3.8, 4) is 5.75 Å². The fourth-order valence-electron chi connectivity index (χ4n) is 1.70. The van der Waals surface area contributed by atoms with Crippen molar-refractivity contribution < 1.29 is 9.53 Å². The van der Waals surface area contributed by atoms with Gasteiger partial charge in [-0.1, -0.05) is 18.2 Å². The Balaban J connectivity index is 2.13. The van der Waals surface area contributed by atoms with Crippen LogP contribution in [0.5, 0.6) is 5.75 Å². The summed E-state index contributed by atoms with van der Waals surface area (Å²) in [6, 6.07) is 13.6. The van der Waals surface area contributed by atoms with Crippen LogP contribution in [0.4, 0.5) is 0 Å². The number of ketones is 1. The maximum Gasteiger partial charge on any atom is 0.193 e. The summed E-state index contributed by atoms with van der Waals surface area (Å²) < 4.78 is 5.48. The molecule has 2 rings (SSSR count). The van der Waals surface area contributed by atoms with Crippen molar-refractivity contribution in [1.82, 2.24) is 0 Å². The minimum Gasteiger partial charge on any atom is -0.472 e. The number of carbonyl (C=O) groups is 1. The van der Waals surface area contributed by atoms with E-state index in [2.05, 4.69) is 6.58 Å². The number of halogens is 1. The second-order valence-corrected chi connectivity index (χ2v) is 5.18. The van der Waals surface area contributed by atoms with Crippen molar-refractivity contribution in [3.63, 3.8) is 0 Å². The van der Waals surface area contributed by atoms with Gasteiger partial charge in [0.05, 0.1) is 0 Å². The first kappa shape index (κ1) is 15.3. The van der Waals surface area contributed by atoms with E-state index in [1.807, 2.05) is 0 Å². The Morgan fingerprint density at radius 1 is 1.10 bits per heavy atom. The Hall–Kier alpha value is -2.10. The molecule has 0 aliphatic carbocycles. The lowest BCUT2D eigenvalue weighted by atomic mass is 10.0. The number of nitrogens with two attached hydrogens (primary N) is 1. The third kappa shape index (κ3) is 3.94. The van der Waals surface area contributed by atoms with E-state index in [-0.39, 0.29) is 5.78 Å². The molecule has 0 aromatic heterocycles. The van der Waals surface area contributed by atoms with Crippen LogP contribution in [0.25, 0.3) is 0 Å². The van der Waals surface area contributed by atoms with Crippen LogP contribution in [0.15, 0.2) is 60.7 Å². The molecular formula is C17H16ClNO2. The van der Waals surface area contributed by atoms with E-state index < -0.39 is 6.23 Å². The van der Waals surface area contributed by atoms with Crippen LogP contribution in [0, 0.1) is 0 Å². The zero-order valence-corrected chi connectivity index (χ0v) is 12.4. The highest BCUT2D eigenvalue weighted by atomic mass is 35.5. The largest absolute Gasteiger partial charge is 0.472 e. The normalized spacial score (nSPS) is 11.8. The molecule has 0 aliphatic rings. The third-order valence-electron chi connectivity index (χ3n) is 2.97. The number of ether oxygens (including phenoxy) is 1. The first-order valence-corrected chi connectivity index (χ1v) is 6.83. The molecule has 0 aliphatic heterocycles. The van der Waals surface area contributed by atoms with Gasteiger partial charge in [0.15, 0.2) is 12.0 Å². The van der Waals surface area contributed by atoms with Gasteiger partial charge in [0.1, 0.15) is 5.75 Å². The summed E-state index contributed by atoms with van der Waals surface area (Å²) >= 11 is 5.81. The SMILES string of the molecule is C=C(C)C(N)Oc1ccc(C(=O)c2ccc(Cl)cc2)cc1. The molecule has 0 saturated carbocycles. The zero-order valence-electron chi connectivity index (χ0n) is 11.7. The summed E-state index contributed by atoms with van der Waals surface area (Å²) in [5.74, 6) is 0.528. The summed E-state index contributed by atoms with van der Waals surface area (Å²) in [5, 5.41) is 0.601. The van der Waals surface area contributed by atoms with Crippen LogP contribution in [0.2, 0.25) is 5.02 Å². The predicted octanol–water partition coefficient (Wildman–Crippen LogP) is 3.81. The lowest BCUT2D eigenvalue weighted by Crippen LogP contribution is -2.27. The van der Waals surface area contributed by atoms with Gasteiger partial charge in [0.2, 0.25) is 0 Å². The number of hydrogen-bond acceptors (Lipinski definition) is 3. The molecule has 2 aromatic rings. The minimum absolute atomic E-state index is 0.0672. The highest BCUT2D eigenvalue weighted by Gasteiger charge is 2.10. The second kappa shape index (κ2) is 6.57. The van der Waals surface area contributed by atoms with E-state index in [9.17, 15) is 4.79 Å². The summed E-state index contributed by atoms with van der Waals surface area (Å²) in [7, 11) is 0. The molecule has 0 heterocycles. The molecule has 0 saturated heterocycles. The van der Waals surface area contributed by atoms with Crippen LogP contribution in [-0.4, -0.2) is 12.0 Å². The Kier molecular flexibility index (Phi) is 4.78. The Labute approximate surface area is 129 Å².